The normalized spacial score (nSPS) is 14.0. The van der Waals surface area contributed by atoms with Gasteiger partial charge in [-0.15, -0.1) is 11.6 Å². The highest BCUT2D eigenvalue weighted by Gasteiger charge is 2.30. The van der Waals surface area contributed by atoms with E-state index >= 15 is 0 Å². The molecule has 11 heteroatoms. The largest absolute Gasteiger partial charge is 0.454 e. The summed E-state index contributed by atoms with van der Waals surface area (Å²) in [5.41, 5.74) is 0.259. The van der Waals surface area contributed by atoms with E-state index in [4.69, 9.17) is 39.5 Å². The molecule has 1 rings (SSSR count). The third kappa shape index (κ3) is 6.62. The molecule has 1 N–H and O–H groups in total. The van der Waals surface area contributed by atoms with Gasteiger partial charge in [-0.3, -0.25) is 9.59 Å². The summed E-state index contributed by atoms with van der Waals surface area (Å²) in [5, 5.41) is 2.22. The number of sulfone groups is 1. The lowest BCUT2D eigenvalue weighted by molar-refractivity contribution is -0.149. The van der Waals surface area contributed by atoms with E-state index in [1.165, 1.54) is 24.3 Å². The Morgan fingerprint density at radius 1 is 1.24 bits per heavy atom. The second-order valence-corrected chi connectivity index (χ2v) is 8.33. The number of amides is 1. The van der Waals surface area contributed by atoms with Gasteiger partial charge in [-0.1, -0.05) is 35.3 Å². The fourth-order valence-electron chi connectivity index (χ4n) is 1.90. The number of hydrogen-bond acceptors (Lipinski definition) is 5. The maximum absolute atomic E-state index is 13.4. The van der Waals surface area contributed by atoms with Crippen LogP contribution >= 0.6 is 34.8 Å². The summed E-state index contributed by atoms with van der Waals surface area (Å²) in [6.45, 7) is -1.10. The molecule has 6 nitrogen and oxygen atoms in total. The molecule has 0 unspecified atom stereocenters. The maximum atomic E-state index is 13.4. The second kappa shape index (κ2) is 9.56. The molecule has 0 heterocycles. The van der Waals surface area contributed by atoms with Crippen LogP contribution < -0.4 is 5.32 Å². The van der Waals surface area contributed by atoms with Crippen LogP contribution in [0.4, 0.5) is 4.39 Å². The molecule has 25 heavy (non-hydrogen) atoms. The Morgan fingerprint density at radius 2 is 1.80 bits per heavy atom. The molecule has 0 aliphatic heterocycles. The Balaban J connectivity index is 3.18. The highest BCUT2D eigenvalue weighted by molar-refractivity contribution is 7.90. The molecule has 0 aromatic heterocycles. The van der Waals surface area contributed by atoms with Gasteiger partial charge in [0, 0.05) is 6.26 Å². The van der Waals surface area contributed by atoms with Gasteiger partial charge in [-0.25, -0.2) is 12.8 Å². The third-order valence-corrected chi connectivity index (χ3v) is 4.80. The Bertz CT molecular complexity index is 712. The average molecular weight is 435 g/mol. The molecule has 0 aliphatic carbocycles. The first-order valence-corrected chi connectivity index (χ1v) is 10.1. The quantitative estimate of drug-likeness (QED) is 0.500. The molecule has 140 valence electrons. The number of ether oxygens (including phenoxy) is 1. The lowest BCUT2D eigenvalue weighted by atomic mass is 10.0. The Morgan fingerprint density at radius 3 is 2.20 bits per heavy atom. The first-order valence-electron chi connectivity index (χ1n) is 6.80. The predicted octanol–water partition coefficient (Wildman–Crippen LogP) is 2.17. The van der Waals surface area contributed by atoms with Crippen LogP contribution in [0.3, 0.4) is 0 Å². The lowest BCUT2D eigenvalue weighted by Gasteiger charge is -2.26. The Hall–Kier alpha value is -1.09. The second-order valence-electron chi connectivity index (χ2n) is 4.96. The summed E-state index contributed by atoms with van der Waals surface area (Å²) in [5.74, 6) is -2.20. The number of nitrogens with one attached hydrogen (secondary N) is 1. The number of rotatable bonds is 8. The number of carbonyl (C=O) groups is 2. The van der Waals surface area contributed by atoms with Crippen LogP contribution in [0.1, 0.15) is 11.7 Å². The van der Waals surface area contributed by atoms with Crippen molar-refractivity contribution in [3.63, 3.8) is 0 Å². The van der Waals surface area contributed by atoms with Gasteiger partial charge in [-0.2, -0.15) is 0 Å². The van der Waals surface area contributed by atoms with E-state index in [1.54, 1.807) is 0 Å². The zero-order valence-corrected chi connectivity index (χ0v) is 16.0. The van der Waals surface area contributed by atoms with Gasteiger partial charge in [0.1, 0.15) is 18.7 Å². The van der Waals surface area contributed by atoms with Gasteiger partial charge in [0.05, 0.1) is 10.9 Å². The van der Waals surface area contributed by atoms with Gasteiger partial charge >= 0.3 is 5.97 Å². The molecular formula is C14H15Cl3FNO5S. The van der Waals surface area contributed by atoms with Crippen LogP contribution in [-0.2, 0) is 24.2 Å². The van der Waals surface area contributed by atoms with Crippen LogP contribution in [0.5, 0.6) is 0 Å². The van der Waals surface area contributed by atoms with Crippen LogP contribution in [0.2, 0.25) is 0 Å². The molecule has 0 radical (unpaired) electrons. The summed E-state index contributed by atoms with van der Waals surface area (Å²) in [7, 11) is -3.44. The van der Waals surface area contributed by atoms with Crippen molar-refractivity contribution >= 4 is 56.5 Å². The van der Waals surface area contributed by atoms with Gasteiger partial charge in [0.2, 0.25) is 0 Å². The first-order chi connectivity index (χ1) is 11.6. The predicted molar refractivity (Wildman–Crippen MR) is 92.5 cm³/mol. The van der Waals surface area contributed by atoms with Gasteiger partial charge < -0.3 is 10.1 Å². The number of alkyl halides is 4. The molecule has 1 amide bonds. The van der Waals surface area contributed by atoms with Crippen molar-refractivity contribution in [3.8, 4) is 0 Å². The van der Waals surface area contributed by atoms with Crippen LogP contribution in [0.25, 0.3) is 0 Å². The van der Waals surface area contributed by atoms with Gasteiger partial charge in [0.25, 0.3) is 5.91 Å². The van der Waals surface area contributed by atoms with Crippen LogP contribution in [0.15, 0.2) is 29.2 Å². The molecule has 0 spiro atoms. The van der Waals surface area contributed by atoms with E-state index in [1.807, 2.05) is 0 Å². The van der Waals surface area contributed by atoms with Crippen molar-refractivity contribution in [1.82, 2.24) is 5.32 Å². The smallest absolute Gasteiger partial charge is 0.321 e. The monoisotopic (exact) mass is 433 g/mol. The molecule has 0 saturated heterocycles. The van der Waals surface area contributed by atoms with Crippen molar-refractivity contribution in [2.75, 3.05) is 18.8 Å². The van der Waals surface area contributed by atoms with Gasteiger partial charge in [-0.05, 0) is 17.7 Å². The average Bonchev–Trinajstić information content (AvgIpc) is 2.56. The molecule has 0 aliphatic rings. The molecule has 2 atom stereocenters. The molecule has 0 bridgehead atoms. The zero-order valence-electron chi connectivity index (χ0n) is 12.9. The van der Waals surface area contributed by atoms with E-state index in [-0.39, 0.29) is 10.5 Å². The standard InChI is InChI=1S/C14H15Cl3FNO5S/c1-25(22,23)9-4-2-8(3-5-9)12(24-11(20)6-15)10(7-18)19-14(21)13(16)17/h2-5,10,12-13H,6-7H2,1H3,(H,19,21)/t10-,12-/m1/s1. The van der Waals surface area contributed by atoms with Crippen molar-refractivity contribution in [3.05, 3.63) is 29.8 Å². The topological polar surface area (TPSA) is 89.5 Å². The Kier molecular flexibility index (Phi) is 8.40. The van der Waals surface area contributed by atoms with E-state index < -0.39 is 51.3 Å². The third-order valence-electron chi connectivity index (χ3n) is 3.06. The first kappa shape index (κ1) is 22.0. The fourth-order valence-corrected chi connectivity index (χ4v) is 2.72. The minimum atomic E-state index is -3.44. The fraction of sp³-hybridized carbons (Fsp3) is 0.429. The van der Waals surface area contributed by atoms with Crippen molar-refractivity contribution < 1.29 is 27.1 Å². The highest BCUT2D eigenvalue weighted by Crippen LogP contribution is 2.24. The number of hydrogen-bond donors (Lipinski definition) is 1. The molecule has 1 aromatic carbocycles. The summed E-state index contributed by atoms with van der Waals surface area (Å²) in [4.78, 5) is 21.7. The minimum Gasteiger partial charge on any atom is -0.454 e. The van der Waals surface area contributed by atoms with Crippen molar-refractivity contribution in [2.24, 2.45) is 0 Å². The number of carbonyl (C=O) groups excluding carboxylic acids is 2. The molecule has 0 saturated carbocycles. The van der Waals surface area contributed by atoms with Crippen molar-refractivity contribution in [1.29, 1.82) is 0 Å². The van der Waals surface area contributed by atoms with Crippen LogP contribution in [-0.4, -0.2) is 50.0 Å². The van der Waals surface area contributed by atoms with Crippen LogP contribution in [0, 0.1) is 0 Å². The molecular weight excluding hydrogens is 420 g/mol. The lowest BCUT2D eigenvalue weighted by Crippen LogP contribution is -2.44. The number of halogens is 4. The SMILES string of the molecule is CS(=O)(=O)c1ccc([C@@H](OC(=O)CCl)[C@@H](CF)NC(=O)C(Cl)Cl)cc1. The van der Waals surface area contributed by atoms with E-state index in [9.17, 15) is 22.4 Å². The maximum Gasteiger partial charge on any atom is 0.321 e. The Labute approximate surface area is 159 Å². The summed E-state index contributed by atoms with van der Waals surface area (Å²) in [6.07, 6.45) is -0.223. The molecule has 1 aromatic rings. The highest BCUT2D eigenvalue weighted by atomic mass is 35.5. The van der Waals surface area contributed by atoms with Gasteiger partial charge in [0.15, 0.2) is 14.7 Å². The van der Waals surface area contributed by atoms with E-state index in [0.717, 1.165) is 6.26 Å². The number of esters is 1. The summed E-state index contributed by atoms with van der Waals surface area (Å²) in [6, 6.07) is 3.94. The summed E-state index contributed by atoms with van der Waals surface area (Å²) >= 11 is 16.2. The summed E-state index contributed by atoms with van der Waals surface area (Å²) < 4.78 is 41.5. The minimum absolute atomic E-state index is 0.0288. The van der Waals surface area contributed by atoms with E-state index in [2.05, 4.69) is 5.32 Å². The zero-order chi connectivity index (χ0) is 19.2. The van der Waals surface area contributed by atoms with E-state index in [0.29, 0.717) is 0 Å². The van der Waals surface area contributed by atoms with Crippen molar-refractivity contribution in [2.45, 2.75) is 21.9 Å². The molecule has 0 fully saturated rings. The number of benzene rings is 1.